The van der Waals surface area contributed by atoms with Crippen LogP contribution >= 0.6 is 0 Å². The van der Waals surface area contributed by atoms with Crippen LogP contribution in [-0.4, -0.2) is 76.2 Å². The van der Waals surface area contributed by atoms with Crippen LogP contribution < -0.4 is 26.7 Å². The molecule has 2 aromatic rings. The Morgan fingerprint density at radius 2 is 1.51 bits per heavy atom. The van der Waals surface area contributed by atoms with Crippen molar-refractivity contribution in [1.82, 2.24) is 21.3 Å². The summed E-state index contributed by atoms with van der Waals surface area (Å²) in [5.41, 5.74) is 2.52. The molecule has 3 unspecified atom stereocenters. The smallest absolute Gasteiger partial charge is 0.303 e. The van der Waals surface area contributed by atoms with Crippen molar-refractivity contribution in [3.63, 3.8) is 0 Å². The van der Waals surface area contributed by atoms with E-state index in [4.69, 9.17) is 4.42 Å². The number of amides is 3. The van der Waals surface area contributed by atoms with Crippen LogP contribution in [0.4, 0.5) is 8.78 Å². The number of aromatic hydroxyl groups is 1. The van der Waals surface area contributed by atoms with E-state index in [1.165, 1.54) is 69.6 Å². The van der Waals surface area contributed by atoms with Crippen LogP contribution in [-0.2, 0) is 19.2 Å². The summed E-state index contributed by atoms with van der Waals surface area (Å²) >= 11 is 0. The van der Waals surface area contributed by atoms with Crippen molar-refractivity contribution < 1.29 is 52.5 Å². The third-order valence-electron chi connectivity index (χ3n) is 18.5. The number of aliphatic carboxylic acids is 2. The number of hydrogen-bond acceptors (Lipinski definition) is 9. The van der Waals surface area contributed by atoms with Crippen molar-refractivity contribution in [3.05, 3.63) is 87.1 Å². The van der Waals surface area contributed by atoms with Gasteiger partial charge in [-0.1, -0.05) is 71.6 Å². The fourth-order valence-electron chi connectivity index (χ4n) is 14.5. The van der Waals surface area contributed by atoms with Gasteiger partial charge < -0.3 is 41.0 Å². The summed E-state index contributed by atoms with van der Waals surface area (Å²) in [5, 5.41) is 41.0. The first-order chi connectivity index (χ1) is 36.6. The van der Waals surface area contributed by atoms with Gasteiger partial charge in [-0.05, 0) is 166 Å². The highest BCUT2D eigenvalue weighted by Gasteiger charge is 2.59. The molecule has 1 aliphatic heterocycles. The van der Waals surface area contributed by atoms with E-state index in [2.05, 4.69) is 62.0 Å². The molecular weight excluding hydrogens is 987 g/mol. The van der Waals surface area contributed by atoms with Gasteiger partial charge in [0.25, 0.3) is 5.91 Å². The van der Waals surface area contributed by atoms with Crippen LogP contribution in [0.15, 0.2) is 63.3 Å². The number of phenols is 1. The minimum absolute atomic E-state index is 0.00394. The van der Waals surface area contributed by atoms with Crippen molar-refractivity contribution in [2.75, 3.05) is 13.1 Å². The fourth-order valence-corrected chi connectivity index (χ4v) is 14.5. The Balaban J connectivity index is 0.863. The van der Waals surface area contributed by atoms with Gasteiger partial charge in [-0.25, -0.2) is 8.78 Å². The number of aryl methyl sites for hydroxylation is 1. The summed E-state index contributed by atoms with van der Waals surface area (Å²) in [6.45, 7) is 14.9. The van der Waals surface area contributed by atoms with E-state index in [1.54, 1.807) is 12.5 Å². The number of phenolic OH excluding ortho intramolecular Hbond substituents is 1. The Morgan fingerprint density at radius 3 is 2.21 bits per heavy atom. The van der Waals surface area contributed by atoms with Gasteiger partial charge in [0, 0.05) is 59.6 Å². The highest BCUT2D eigenvalue weighted by atomic mass is 19.1. The average molecular weight is 1070 g/mol. The molecule has 0 spiro atoms. The van der Waals surface area contributed by atoms with E-state index in [0.29, 0.717) is 35.5 Å². The molecule has 14 nitrogen and oxygen atoms in total. The maximum atomic E-state index is 14.8. The molecule has 0 saturated heterocycles. The van der Waals surface area contributed by atoms with Crippen molar-refractivity contribution in [2.24, 2.45) is 46.3 Å². The molecule has 0 radical (unpaired) electrons. The summed E-state index contributed by atoms with van der Waals surface area (Å²) in [6, 6.07) is 5.83. The first-order valence-electron chi connectivity index (χ1n) is 28.0. The lowest BCUT2D eigenvalue weighted by molar-refractivity contribution is -0.139. The molecule has 16 heteroatoms. The summed E-state index contributed by atoms with van der Waals surface area (Å²) in [6.07, 6.45) is 15.4. The van der Waals surface area contributed by atoms with Gasteiger partial charge in [0.15, 0.2) is 17.4 Å². The van der Waals surface area contributed by atoms with Gasteiger partial charge in [0.1, 0.15) is 23.4 Å². The summed E-state index contributed by atoms with van der Waals surface area (Å²) in [5.74, 6) is -2.87. The van der Waals surface area contributed by atoms with Crippen LogP contribution in [0.1, 0.15) is 153 Å². The number of rotatable bonds is 22. The van der Waals surface area contributed by atoms with Crippen molar-refractivity contribution >= 4 is 40.6 Å². The van der Waals surface area contributed by atoms with Crippen molar-refractivity contribution in [1.29, 1.82) is 0 Å². The van der Waals surface area contributed by atoms with Crippen LogP contribution in [0.3, 0.4) is 0 Å². The molecule has 8 rings (SSSR count). The minimum Gasteiger partial charge on any atom is -0.505 e. The number of benzene rings is 3. The highest BCUT2D eigenvalue weighted by Crippen LogP contribution is 2.67. The molecule has 3 amide bonds. The average Bonchev–Trinajstić information content (AvgIpc) is 4.01. The number of allylic oxidation sites excluding steroid dienone is 1. The molecule has 2 aromatic carbocycles. The Morgan fingerprint density at radius 1 is 0.779 bits per heavy atom. The zero-order chi connectivity index (χ0) is 55.5. The number of carboxylic acids is 2. The molecule has 3 saturated carbocycles. The zero-order valence-corrected chi connectivity index (χ0v) is 45.5. The Labute approximate surface area is 450 Å². The maximum absolute atomic E-state index is 14.8. The summed E-state index contributed by atoms with van der Waals surface area (Å²) in [7, 11) is 0. The third-order valence-corrected chi connectivity index (χ3v) is 18.5. The number of halogens is 2. The topological polar surface area (TPSA) is 224 Å². The van der Waals surface area contributed by atoms with E-state index >= 15 is 0 Å². The predicted molar refractivity (Wildman–Crippen MR) is 290 cm³/mol. The predicted octanol–water partition coefficient (Wildman–Crippen LogP) is 10.7. The van der Waals surface area contributed by atoms with Gasteiger partial charge >= 0.3 is 11.9 Å². The van der Waals surface area contributed by atoms with E-state index < -0.39 is 77.4 Å². The van der Waals surface area contributed by atoms with Gasteiger partial charge in [-0.15, -0.1) is 0 Å². The number of hydrogen-bond donors (Lipinski definition) is 7. The lowest BCUT2D eigenvalue weighted by Gasteiger charge is -2.58. The first kappa shape index (κ1) is 57.0. The second-order valence-electron chi connectivity index (χ2n) is 23.9. The standard InChI is InChI=1S/C61H78F2N4O10/c1-33(2)9-7-10-34(3)43-15-16-44-40-14-12-37-28-38(21-23-60(37,5)45(40)22-24-61(43,44)6)64-25-8-26-65-58(75)48(17-19-54(70)71)67-59(76)49(18-20-55(72)73)66-57(74)36-11-13-39(35(4)27-36)56-41-29-46(62)50(68)31-52(41)77-53-32-51(69)47(63)30-42(53)56/h11-13,27,29-34,38,40,43-45,48-49,64,68H,7-10,14-26,28H2,1-6H3,(H,65,75)(H,66,74)(H,67,76)(H,70,71)(H,72,73)/t34-,38+,40?,43-,44?,45?,48+,49+,60+,61-/m1/s1. The number of carbonyl (C=O) groups excluding carboxylic acids is 3. The molecule has 416 valence electrons. The van der Waals surface area contributed by atoms with E-state index in [0.717, 1.165) is 79.0 Å². The molecule has 1 heterocycles. The summed E-state index contributed by atoms with van der Waals surface area (Å²) in [4.78, 5) is 76.9. The first-order valence-corrected chi connectivity index (χ1v) is 28.0. The van der Waals surface area contributed by atoms with E-state index in [1.807, 2.05) is 0 Å². The molecular formula is C61H78F2N4O10. The maximum Gasteiger partial charge on any atom is 0.303 e. The van der Waals surface area contributed by atoms with Crippen LogP contribution in [0, 0.1) is 64.9 Å². The van der Waals surface area contributed by atoms with Gasteiger partial charge in [0.2, 0.25) is 17.2 Å². The second-order valence-corrected chi connectivity index (χ2v) is 23.9. The van der Waals surface area contributed by atoms with E-state index in [-0.39, 0.29) is 58.2 Å². The number of fused-ring (bicyclic) bond motifs is 7. The van der Waals surface area contributed by atoms with Gasteiger partial charge in [-0.3, -0.25) is 28.8 Å². The number of carbonyl (C=O) groups is 5. The fraction of sp³-hybridized carbons (Fsp3) is 0.574. The van der Waals surface area contributed by atoms with E-state index in [9.17, 15) is 52.9 Å². The van der Waals surface area contributed by atoms with Crippen LogP contribution in [0.25, 0.3) is 33.4 Å². The Bertz CT molecular complexity index is 2940. The highest BCUT2D eigenvalue weighted by molar-refractivity contribution is 6.04. The monoisotopic (exact) mass is 1060 g/mol. The summed E-state index contributed by atoms with van der Waals surface area (Å²) < 4.78 is 35.2. The molecule has 0 aromatic heterocycles. The third kappa shape index (κ3) is 12.4. The van der Waals surface area contributed by atoms with Crippen LogP contribution in [0.2, 0.25) is 0 Å². The SMILES string of the molecule is Cc1cc(C(=O)N[C@@H](CCC(=O)O)C(=O)N[C@@H](CCC(=O)O)C(=O)NCCCN[C@H]2CC[C@@]3(C)C(=CCC4C3CC[C@@]3(C)C4CC[C@@H]3[C@H](C)CCCC(C)C)C2)ccc1-c1c2cc(F)c(=O)cc-2oc2cc(O)c(F)cc12. The second kappa shape index (κ2) is 23.8. The Kier molecular flexibility index (Phi) is 17.7. The number of nitrogens with one attached hydrogen (secondary N) is 4. The Hall–Kier alpha value is -6.16. The molecule has 0 bridgehead atoms. The number of carboxylic acid groups (broad SMARTS) is 2. The minimum atomic E-state index is -1.46. The van der Waals surface area contributed by atoms with Gasteiger partial charge in [0.05, 0.1) is 0 Å². The van der Waals surface area contributed by atoms with Crippen LogP contribution in [0.5, 0.6) is 5.75 Å². The zero-order valence-electron chi connectivity index (χ0n) is 45.5. The molecule has 3 fully saturated rings. The molecule has 5 aliphatic carbocycles. The van der Waals surface area contributed by atoms with Gasteiger partial charge in [-0.2, -0.15) is 0 Å². The molecule has 10 atom stereocenters. The lowest BCUT2D eigenvalue weighted by Crippen LogP contribution is -2.54. The quantitative estimate of drug-likeness (QED) is 0.0223. The molecule has 6 aliphatic rings. The molecule has 77 heavy (non-hydrogen) atoms. The lowest BCUT2D eigenvalue weighted by atomic mass is 9.47. The molecule has 7 N–H and O–H groups in total. The normalized spacial score (nSPS) is 25.0. The largest absolute Gasteiger partial charge is 0.505 e. The van der Waals surface area contributed by atoms with Crippen molar-refractivity contribution in [2.45, 2.75) is 162 Å². The van der Waals surface area contributed by atoms with Crippen molar-refractivity contribution in [3.8, 4) is 28.2 Å².